The highest BCUT2D eigenvalue weighted by atomic mass is 16.6. The van der Waals surface area contributed by atoms with Gasteiger partial charge in [0.05, 0.1) is 12.6 Å². The van der Waals surface area contributed by atoms with Crippen molar-refractivity contribution < 1.29 is 25.2 Å². The Balaban J connectivity index is 2.66. The Morgan fingerprint density at radius 3 is 2.31 bits per heavy atom. The van der Waals surface area contributed by atoms with Crippen LogP contribution in [0.25, 0.3) is 0 Å². The monoisotopic (exact) mass is 193 g/mol. The minimum absolute atomic E-state index is 0.439. The zero-order valence-corrected chi connectivity index (χ0v) is 7.29. The van der Waals surface area contributed by atoms with Gasteiger partial charge >= 0.3 is 0 Å². The minimum atomic E-state index is -1.22. The molecule has 0 amide bonds. The fourth-order valence-electron chi connectivity index (χ4n) is 1.41. The molecule has 0 spiro atoms. The van der Waals surface area contributed by atoms with Crippen molar-refractivity contribution in [3.63, 3.8) is 0 Å². The van der Waals surface area contributed by atoms with Gasteiger partial charge in [-0.3, -0.25) is 0 Å². The van der Waals surface area contributed by atoms with E-state index in [0.29, 0.717) is 0 Å². The largest absolute Gasteiger partial charge is 0.394 e. The van der Waals surface area contributed by atoms with E-state index in [0.717, 1.165) is 0 Å². The SMILES string of the molecule is CNC1C(O)OC(CO)C(O)C1O. The maximum absolute atomic E-state index is 9.45. The topological polar surface area (TPSA) is 102 Å². The molecule has 0 saturated carbocycles. The summed E-state index contributed by atoms with van der Waals surface area (Å²) in [5, 5.41) is 39.4. The van der Waals surface area contributed by atoms with Crippen LogP contribution in [0.1, 0.15) is 0 Å². The predicted octanol–water partition coefficient (Wildman–Crippen LogP) is -2.99. The van der Waals surface area contributed by atoms with Gasteiger partial charge < -0.3 is 30.5 Å². The molecule has 1 saturated heterocycles. The summed E-state index contributed by atoms with van der Waals surface area (Å²) in [4.78, 5) is 0. The molecule has 6 nitrogen and oxygen atoms in total. The molecule has 0 aromatic carbocycles. The molecule has 0 aliphatic carbocycles. The third-order valence-corrected chi connectivity index (χ3v) is 2.23. The zero-order valence-electron chi connectivity index (χ0n) is 7.29. The molecule has 78 valence electrons. The van der Waals surface area contributed by atoms with Gasteiger partial charge in [0.2, 0.25) is 0 Å². The summed E-state index contributed by atoms with van der Waals surface area (Å²) in [6.07, 6.45) is -4.49. The van der Waals surface area contributed by atoms with Crippen LogP contribution in [0, 0.1) is 0 Å². The molecular weight excluding hydrogens is 178 g/mol. The summed E-state index contributed by atoms with van der Waals surface area (Å²) < 4.78 is 4.85. The van der Waals surface area contributed by atoms with Gasteiger partial charge in [-0.25, -0.2) is 0 Å². The molecule has 0 aromatic heterocycles. The summed E-state index contributed by atoms with van der Waals surface area (Å²) in [6.45, 7) is -0.439. The lowest BCUT2D eigenvalue weighted by Gasteiger charge is -2.39. The summed E-state index contributed by atoms with van der Waals surface area (Å²) in [7, 11) is 1.53. The summed E-state index contributed by atoms with van der Waals surface area (Å²) in [6, 6.07) is -0.738. The molecule has 6 heteroatoms. The molecule has 5 unspecified atom stereocenters. The lowest BCUT2D eigenvalue weighted by atomic mass is 9.97. The van der Waals surface area contributed by atoms with E-state index in [9.17, 15) is 15.3 Å². The lowest BCUT2D eigenvalue weighted by molar-refractivity contribution is -0.253. The molecule has 0 radical (unpaired) electrons. The van der Waals surface area contributed by atoms with Gasteiger partial charge in [0.25, 0.3) is 0 Å². The van der Waals surface area contributed by atoms with E-state index in [2.05, 4.69) is 5.32 Å². The maximum atomic E-state index is 9.45. The fourth-order valence-corrected chi connectivity index (χ4v) is 1.41. The quantitative estimate of drug-likeness (QED) is 0.320. The second kappa shape index (κ2) is 4.32. The highest BCUT2D eigenvalue weighted by Gasteiger charge is 2.42. The van der Waals surface area contributed by atoms with Crippen LogP contribution >= 0.6 is 0 Å². The first-order chi connectivity index (χ1) is 6.11. The van der Waals surface area contributed by atoms with Crippen LogP contribution in [0.2, 0.25) is 0 Å². The molecule has 0 bridgehead atoms. The van der Waals surface area contributed by atoms with Crippen molar-refractivity contribution in [2.75, 3.05) is 13.7 Å². The number of hydrogen-bond donors (Lipinski definition) is 5. The van der Waals surface area contributed by atoms with E-state index in [1.54, 1.807) is 0 Å². The van der Waals surface area contributed by atoms with Crippen molar-refractivity contribution in [1.82, 2.24) is 5.32 Å². The van der Waals surface area contributed by atoms with Gasteiger partial charge in [-0.15, -0.1) is 0 Å². The van der Waals surface area contributed by atoms with E-state index in [1.807, 2.05) is 0 Å². The van der Waals surface area contributed by atoms with Gasteiger partial charge in [-0.1, -0.05) is 0 Å². The Morgan fingerprint density at radius 2 is 1.85 bits per heavy atom. The normalized spacial score (nSPS) is 46.4. The highest BCUT2D eigenvalue weighted by molar-refractivity contribution is 4.91. The van der Waals surface area contributed by atoms with Crippen molar-refractivity contribution >= 4 is 0 Å². The highest BCUT2D eigenvalue weighted by Crippen LogP contribution is 2.18. The number of hydrogen-bond acceptors (Lipinski definition) is 6. The molecule has 1 aliphatic rings. The average Bonchev–Trinajstić information content (AvgIpc) is 2.12. The number of nitrogens with one attached hydrogen (secondary N) is 1. The predicted molar refractivity (Wildman–Crippen MR) is 42.8 cm³/mol. The van der Waals surface area contributed by atoms with Crippen molar-refractivity contribution in [1.29, 1.82) is 0 Å². The summed E-state index contributed by atoms with van der Waals surface area (Å²) in [5.74, 6) is 0. The van der Waals surface area contributed by atoms with Crippen LogP contribution in [0.5, 0.6) is 0 Å². The van der Waals surface area contributed by atoms with Crippen LogP contribution in [0.3, 0.4) is 0 Å². The van der Waals surface area contributed by atoms with Gasteiger partial charge in [0.15, 0.2) is 6.29 Å². The third-order valence-electron chi connectivity index (χ3n) is 2.23. The molecular formula is C7H15NO5. The number of ether oxygens (including phenoxy) is 1. The summed E-state index contributed by atoms with van der Waals surface area (Å²) in [5.41, 5.74) is 0. The number of aliphatic hydroxyl groups excluding tert-OH is 4. The molecule has 1 heterocycles. The van der Waals surface area contributed by atoms with E-state index in [-0.39, 0.29) is 0 Å². The van der Waals surface area contributed by atoms with Crippen LogP contribution in [-0.4, -0.2) is 64.7 Å². The standard InChI is InChI=1S/C7H15NO5/c1-8-4-6(11)5(10)3(2-9)13-7(4)12/h3-12H,2H2,1H3. The van der Waals surface area contributed by atoms with E-state index >= 15 is 0 Å². The molecule has 5 atom stereocenters. The first kappa shape index (κ1) is 10.8. The lowest BCUT2D eigenvalue weighted by Crippen LogP contribution is -2.62. The van der Waals surface area contributed by atoms with E-state index in [4.69, 9.17) is 9.84 Å². The van der Waals surface area contributed by atoms with Gasteiger partial charge in [-0.05, 0) is 7.05 Å². The van der Waals surface area contributed by atoms with Crippen LogP contribution in [0.4, 0.5) is 0 Å². The Bertz CT molecular complexity index is 167. The molecule has 13 heavy (non-hydrogen) atoms. The van der Waals surface area contributed by atoms with Crippen LogP contribution in [0.15, 0.2) is 0 Å². The Morgan fingerprint density at radius 1 is 1.23 bits per heavy atom. The van der Waals surface area contributed by atoms with Gasteiger partial charge in [0.1, 0.15) is 18.3 Å². The Kier molecular flexibility index (Phi) is 3.60. The number of rotatable bonds is 2. The van der Waals surface area contributed by atoms with Crippen molar-refractivity contribution in [3.05, 3.63) is 0 Å². The van der Waals surface area contributed by atoms with Crippen LogP contribution < -0.4 is 5.32 Å². The van der Waals surface area contributed by atoms with Gasteiger partial charge in [-0.2, -0.15) is 0 Å². The zero-order chi connectivity index (χ0) is 10.0. The molecule has 5 N–H and O–H groups in total. The minimum Gasteiger partial charge on any atom is -0.394 e. The van der Waals surface area contributed by atoms with E-state index in [1.165, 1.54) is 7.05 Å². The number of aliphatic hydroxyl groups is 4. The number of likely N-dealkylation sites (N-methyl/N-ethyl adjacent to an activating group) is 1. The first-order valence-corrected chi connectivity index (χ1v) is 4.09. The van der Waals surface area contributed by atoms with Crippen LogP contribution in [-0.2, 0) is 4.74 Å². The van der Waals surface area contributed by atoms with E-state index < -0.39 is 37.3 Å². The van der Waals surface area contributed by atoms with Crippen molar-refractivity contribution in [3.8, 4) is 0 Å². The molecule has 1 fully saturated rings. The van der Waals surface area contributed by atoms with Crippen molar-refractivity contribution in [2.45, 2.75) is 30.6 Å². The second-order valence-electron chi connectivity index (χ2n) is 3.04. The van der Waals surface area contributed by atoms with Crippen molar-refractivity contribution in [2.24, 2.45) is 0 Å². The summed E-state index contributed by atoms with van der Waals surface area (Å²) >= 11 is 0. The maximum Gasteiger partial charge on any atom is 0.173 e. The average molecular weight is 193 g/mol. The second-order valence-corrected chi connectivity index (χ2v) is 3.04. The molecule has 1 aliphatic heterocycles. The molecule has 0 aromatic rings. The Hall–Kier alpha value is -0.240. The fraction of sp³-hybridized carbons (Fsp3) is 1.00. The third kappa shape index (κ3) is 1.98. The Labute approximate surface area is 75.8 Å². The van der Waals surface area contributed by atoms with Gasteiger partial charge in [0, 0.05) is 0 Å². The first-order valence-electron chi connectivity index (χ1n) is 4.09. The smallest absolute Gasteiger partial charge is 0.173 e. The molecule has 1 rings (SSSR count).